The maximum absolute atomic E-state index is 5.86. The Balaban J connectivity index is 0.00000256. The molecule has 0 heterocycles. The average molecular weight is 258 g/mol. The molecule has 0 aliphatic heterocycles. The first-order valence-electron chi connectivity index (χ1n) is 6.05. The van der Waals surface area contributed by atoms with Crippen LogP contribution in [-0.2, 0) is 6.42 Å². The molecule has 1 aromatic rings. The van der Waals surface area contributed by atoms with E-state index in [4.69, 9.17) is 10.5 Å². The second-order valence-electron chi connectivity index (χ2n) is 4.64. The normalized spacial score (nSPS) is 12.1. The van der Waals surface area contributed by atoms with Crippen molar-refractivity contribution in [3.05, 3.63) is 29.3 Å². The lowest BCUT2D eigenvalue weighted by Gasteiger charge is -2.15. The van der Waals surface area contributed by atoms with E-state index >= 15 is 0 Å². The van der Waals surface area contributed by atoms with Gasteiger partial charge in [0.15, 0.2) is 0 Å². The van der Waals surface area contributed by atoms with Gasteiger partial charge in [-0.3, -0.25) is 0 Å². The lowest BCUT2D eigenvalue weighted by Crippen LogP contribution is -2.18. The van der Waals surface area contributed by atoms with Crippen molar-refractivity contribution in [1.82, 2.24) is 0 Å². The number of halogens is 1. The van der Waals surface area contributed by atoms with Crippen LogP contribution >= 0.6 is 12.4 Å². The van der Waals surface area contributed by atoms with Crippen molar-refractivity contribution < 1.29 is 4.74 Å². The van der Waals surface area contributed by atoms with Crippen LogP contribution in [0.1, 0.15) is 44.7 Å². The summed E-state index contributed by atoms with van der Waals surface area (Å²) in [6.45, 7) is 9.13. The molecule has 98 valence electrons. The summed E-state index contributed by atoms with van der Waals surface area (Å²) in [5.41, 5.74) is 8.43. The predicted octanol–water partition coefficient (Wildman–Crippen LogP) is 3.52. The van der Waals surface area contributed by atoms with E-state index in [1.807, 2.05) is 13.8 Å². The van der Waals surface area contributed by atoms with Gasteiger partial charge in [0.05, 0.1) is 6.61 Å². The van der Waals surface area contributed by atoms with Crippen molar-refractivity contribution in [2.45, 2.75) is 46.1 Å². The zero-order valence-corrected chi connectivity index (χ0v) is 12.0. The highest BCUT2D eigenvalue weighted by Crippen LogP contribution is 2.25. The van der Waals surface area contributed by atoms with Crippen LogP contribution in [0, 0.1) is 0 Å². The minimum Gasteiger partial charge on any atom is -0.494 e. The summed E-state index contributed by atoms with van der Waals surface area (Å²) >= 11 is 0. The SMILES string of the molecule is CCOc1ccc(C(C)C)cc1CC(C)N.Cl. The third-order valence-corrected chi connectivity index (χ3v) is 2.59. The Morgan fingerprint density at radius 1 is 1.24 bits per heavy atom. The predicted molar refractivity (Wildman–Crippen MR) is 76.3 cm³/mol. The molecule has 0 spiro atoms. The first-order valence-corrected chi connectivity index (χ1v) is 6.05. The summed E-state index contributed by atoms with van der Waals surface area (Å²) in [7, 11) is 0. The van der Waals surface area contributed by atoms with Crippen LogP contribution in [0.25, 0.3) is 0 Å². The highest BCUT2D eigenvalue weighted by molar-refractivity contribution is 5.85. The van der Waals surface area contributed by atoms with Crippen LogP contribution in [0.3, 0.4) is 0 Å². The quantitative estimate of drug-likeness (QED) is 0.876. The molecule has 3 heteroatoms. The Hall–Kier alpha value is -0.730. The molecule has 1 atom stereocenters. The summed E-state index contributed by atoms with van der Waals surface area (Å²) in [5.74, 6) is 1.52. The summed E-state index contributed by atoms with van der Waals surface area (Å²) in [4.78, 5) is 0. The standard InChI is InChI=1S/C14H23NO.ClH/c1-5-16-14-7-6-12(10(2)3)9-13(14)8-11(4)15;/h6-7,9-11H,5,8,15H2,1-4H3;1H. The molecule has 17 heavy (non-hydrogen) atoms. The van der Waals surface area contributed by atoms with Crippen molar-refractivity contribution >= 4 is 12.4 Å². The van der Waals surface area contributed by atoms with Gasteiger partial charge < -0.3 is 10.5 Å². The fourth-order valence-corrected chi connectivity index (χ4v) is 1.76. The Morgan fingerprint density at radius 2 is 1.88 bits per heavy atom. The smallest absolute Gasteiger partial charge is 0.122 e. The van der Waals surface area contributed by atoms with Gasteiger partial charge in [-0.2, -0.15) is 0 Å². The molecule has 0 radical (unpaired) electrons. The fourth-order valence-electron chi connectivity index (χ4n) is 1.76. The minimum absolute atomic E-state index is 0. The Morgan fingerprint density at radius 3 is 2.35 bits per heavy atom. The van der Waals surface area contributed by atoms with E-state index in [1.165, 1.54) is 11.1 Å². The van der Waals surface area contributed by atoms with Gasteiger partial charge in [0.1, 0.15) is 5.75 Å². The third-order valence-electron chi connectivity index (χ3n) is 2.59. The highest BCUT2D eigenvalue weighted by Gasteiger charge is 2.08. The van der Waals surface area contributed by atoms with Crippen molar-refractivity contribution in [2.75, 3.05) is 6.61 Å². The largest absolute Gasteiger partial charge is 0.494 e. The Bertz CT molecular complexity index is 337. The van der Waals surface area contributed by atoms with Crippen LogP contribution < -0.4 is 10.5 Å². The highest BCUT2D eigenvalue weighted by atomic mass is 35.5. The molecule has 0 amide bonds. The summed E-state index contributed by atoms with van der Waals surface area (Å²) < 4.78 is 5.62. The lowest BCUT2D eigenvalue weighted by atomic mass is 9.97. The van der Waals surface area contributed by atoms with Gasteiger partial charge >= 0.3 is 0 Å². The number of benzene rings is 1. The second-order valence-corrected chi connectivity index (χ2v) is 4.64. The summed E-state index contributed by atoms with van der Waals surface area (Å²) in [6.07, 6.45) is 0.871. The second kappa shape index (κ2) is 7.57. The molecule has 0 bridgehead atoms. The van der Waals surface area contributed by atoms with Crippen LogP contribution in [0.15, 0.2) is 18.2 Å². The molecule has 2 nitrogen and oxygen atoms in total. The lowest BCUT2D eigenvalue weighted by molar-refractivity contribution is 0.335. The zero-order valence-electron chi connectivity index (χ0n) is 11.2. The molecule has 0 aliphatic rings. The van der Waals surface area contributed by atoms with E-state index in [0.29, 0.717) is 12.5 Å². The van der Waals surface area contributed by atoms with E-state index in [1.54, 1.807) is 0 Å². The van der Waals surface area contributed by atoms with Gasteiger partial charge in [0, 0.05) is 6.04 Å². The summed E-state index contributed by atoms with van der Waals surface area (Å²) in [6, 6.07) is 6.59. The minimum atomic E-state index is 0. The van der Waals surface area contributed by atoms with Crippen LogP contribution in [0.2, 0.25) is 0 Å². The van der Waals surface area contributed by atoms with Gasteiger partial charge in [0.2, 0.25) is 0 Å². The summed E-state index contributed by atoms with van der Waals surface area (Å²) in [5, 5.41) is 0. The molecule has 0 aromatic heterocycles. The molecular formula is C14H24ClNO. The van der Waals surface area contributed by atoms with E-state index in [2.05, 4.69) is 32.0 Å². The molecule has 0 saturated carbocycles. The molecule has 1 rings (SSSR count). The van der Waals surface area contributed by atoms with E-state index in [0.717, 1.165) is 12.2 Å². The number of hydrogen-bond donors (Lipinski definition) is 1. The molecule has 0 aliphatic carbocycles. The molecule has 1 unspecified atom stereocenters. The van der Waals surface area contributed by atoms with Crippen LogP contribution in [0.4, 0.5) is 0 Å². The van der Waals surface area contributed by atoms with Gasteiger partial charge in [-0.05, 0) is 43.4 Å². The fraction of sp³-hybridized carbons (Fsp3) is 0.571. The van der Waals surface area contributed by atoms with E-state index < -0.39 is 0 Å². The third kappa shape index (κ3) is 4.97. The first-order chi connectivity index (χ1) is 7.54. The van der Waals surface area contributed by atoms with Gasteiger partial charge in [-0.1, -0.05) is 26.0 Å². The van der Waals surface area contributed by atoms with Crippen molar-refractivity contribution in [3.63, 3.8) is 0 Å². The molecule has 1 aromatic carbocycles. The van der Waals surface area contributed by atoms with Crippen molar-refractivity contribution in [2.24, 2.45) is 5.73 Å². The average Bonchev–Trinajstić information content (AvgIpc) is 2.19. The van der Waals surface area contributed by atoms with Crippen LogP contribution in [0.5, 0.6) is 5.75 Å². The first kappa shape index (κ1) is 16.3. The molecule has 0 saturated heterocycles. The Kier molecular flexibility index (Phi) is 7.24. The monoisotopic (exact) mass is 257 g/mol. The maximum atomic E-state index is 5.86. The number of hydrogen-bond acceptors (Lipinski definition) is 2. The zero-order chi connectivity index (χ0) is 12.1. The molecule has 0 fully saturated rings. The maximum Gasteiger partial charge on any atom is 0.122 e. The van der Waals surface area contributed by atoms with Gasteiger partial charge in [0.25, 0.3) is 0 Å². The van der Waals surface area contributed by atoms with E-state index in [9.17, 15) is 0 Å². The van der Waals surface area contributed by atoms with E-state index in [-0.39, 0.29) is 18.4 Å². The van der Waals surface area contributed by atoms with Crippen LogP contribution in [-0.4, -0.2) is 12.6 Å². The van der Waals surface area contributed by atoms with Crippen molar-refractivity contribution in [3.8, 4) is 5.75 Å². The van der Waals surface area contributed by atoms with Gasteiger partial charge in [-0.25, -0.2) is 0 Å². The van der Waals surface area contributed by atoms with Crippen molar-refractivity contribution in [1.29, 1.82) is 0 Å². The van der Waals surface area contributed by atoms with Gasteiger partial charge in [-0.15, -0.1) is 12.4 Å². The topological polar surface area (TPSA) is 35.2 Å². The number of ether oxygens (including phenoxy) is 1. The number of nitrogens with two attached hydrogens (primary N) is 1. The molecule has 2 N–H and O–H groups in total. The molecular weight excluding hydrogens is 234 g/mol. The number of rotatable bonds is 5. The Labute approximate surface area is 111 Å².